The Hall–Kier alpha value is -1.46. The molecule has 0 radical (unpaired) electrons. The molecule has 0 aliphatic heterocycles. The van der Waals surface area contributed by atoms with Crippen LogP contribution in [0.1, 0.15) is 19.2 Å². The van der Waals surface area contributed by atoms with E-state index < -0.39 is 5.82 Å². The summed E-state index contributed by atoms with van der Waals surface area (Å²) in [6.45, 7) is 2.37. The predicted octanol–water partition coefficient (Wildman–Crippen LogP) is 2.64. The molecule has 18 heavy (non-hydrogen) atoms. The van der Waals surface area contributed by atoms with Gasteiger partial charge in [0, 0.05) is 11.6 Å². The van der Waals surface area contributed by atoms with Gasteiger partial charge in [-0.2, -0.15) is 0 Å². The molecule has 0 aliphatic carbocycles. The normalized spacial score (nSPS) is 10.9. The van der Waals surface area contributed by atoms with Gasteiger partial charge in [-0.3, -0.25) is 0 Å². The fourth-order valence-corrected chi connectivity index (χ4v) is 1.95. The number of nitrogens with zero attached hydrogens (tertiary/aromatic N) is 3. The second-order valence-electron chi connectivity index (χ2n) is 3.87. The summed E-state index contributed by atoms with van der Waals surface area (Å²) in [5, 5.41) is 17.4. The van der Waals surface area contributed by atoms with Gasteiger partial charge < -0.3 is 9.67 Å². The van der Waals surface area contributed by atoms with Crippen molar-refractivity contribution in [3.63, 3.8) is 0 Å². The maximum absolute atomic E-state index is 13.8. The summed E-state index contributed by atoms with van der Waals surface area (Å²) >= 11 is 5.86. The fourth-order valence-electron chi connectivity index (χ4n) is 1.78. The van der Waals surface area contributed by atoms with Crippen LogP contribution in [-0.4, -0.2) is 19.9 Å². The van der Waals surface area contributed by atoms with Gasteiger partial charge in [-0.05, 0) is 24.6 Å². The summed E-state index contributed by atoms with van der Waals surface area (Å²) in [5.74, 6) is 0.403. The Labute approximate surface area is 109 Å². The van der Waals surface area contributed by atoms with Crippen molar-refractivity contribution in [3.8, 4) is 11.4 Å². The van der Waals surface area contributed by atoms with E-state index in [9.17, 15) is 9.50 Å². The van der Waals surface area contributed by atoms with Gasteiger partial charge in [0.1, 0.15) is 12.4 Å². The van der Waals surface area contributed by atoms with Crippen molar-refractivity contribution in [1.29, 1.82) is 0 Å². The molecular weight excluding hydrogens is 257 g/mol. The maximum Gasteiger partial charge on any atom is 0.167 e. The minimum absolute atomic E-state index is 0.227. The second kappa shape index (κ2) is 5.46. The van der Waals surface area contributed by atoms with Crippen LogP contribution in [0.5, 0.6) is 0 Å². The number of benzene rings is 1. The summed E-state index contributed by atoms with van der Waals surface area (Å²) in [6.07, 6.45) is 0.834. The summed E-state index contributed by atoms with van der Waals surface area (Å²) in [6, 6.07) is 4.28. The van der Waals surface area contributed by atoms with Crippen molar-refractivity contribution >= 4 is 11.6 Å². The van der Waals surface area contributed by atoms with Crippen LogP contribution in [-0.2, 0) is 13.2 Å². The van der Waals surface area contributed by atoms with Crippen molar-refractivity contribution < 1.29 is 9.50 Å². The van der Waals surface area contributed by atoms with Gasteiger partial charge in [-0.15, -0.1) is 10.2 Å². The van der Waals surface area contributed by atoms with E-state index in [1.54, 1.807) is 4.57 Å². The zero-order valence-corrected chi connectivity index (χ0v) is 10.7. The smallest absolute Gasteiger partial charge is 0.167 e. The largest absolute Gasteiger partial charge is 0.388 e. The van der Waals surface area contributed by atoms with Gasteiger partial charge in [0.25, 0.3) is 0 Å². The molecule has 0 bridgehead atoms. The molecule has 0 amide bonds. The third-order valence-electron chi connectivity index (χ3n) is 2.59. The van der Waals surface area contributed by atoms with E-state index in [0.29, 0.717) is 28.8 Å². The second-order valence-corrected chi connectivity index (χ2v) is 4.31. The lowest BCUT2D eigenvalue weighted by Gasteiger charge is -2.08. The molecule has 0 fully saturated rings. The van der Waals surface area contributed by atoms with Crippen molar-refractivity contribution in [1.82, 2.24) is 14.8 Å². The lowest BCUT2D eigenvalue weighted by atomic mass is 10.2. The predicted molar refractivity (Wildman–Crippen MR) is 66.6 cm³/mol. The Morgan fingerprint density at radius 3 is 2.83 bits per heavy atom. The van der Waals surface area contributed by atoms with Crippen LogP contribution in [0.15, 0.2) is 18.2 Å². The van der Waals surface area contributed by atoms with Crippen LogP contribution >= 0.6 is 11.6 Å². The molecule has 0 saturated carbocycles. The van der Waals surface area contributed by atoms with Gasteiger partial charge in [0.2, 0.25) is 0 Å². The molecule has 1 aromatic heterocycles. The standard InChI is InChI=1S/C12H13ClFN3O/c1-2-5-17-11(7-18)15-16-12(17)9-6-8(13)3-4-10(9)14/h3-4,6,18H,2,5,7H2,1H3. The van der Waals surface area contributed by atoms with Gasteiger partial charge in [0.15, 0.2) is 11.6 Å². The zero-order valence-electron chi connectivity index (χ0n) is 9.90. The first kappa shape index (κ1) is 13.0. The molecule has 1 aromatic carbocycles. The van der Waals surface area contributed by atoms with Crippen LogP contribution in [0, 0.1) is 5.82 Å². The zero-order chi connectivity index (χ0) is 13.1. The molecular formula is C12H13ClFN3O. The van der Waals surface area contributed by atoms with E-state index in [1.165, 1.54) is 18.2 Å². The van der Waals surface area contributed by atoms with Crippen molar-refractivity contribution in [2.45, 2.75) is 26.5 Å². The third kappa shape index (κ3) is 2.37. The molecule has 96 valence electrons. The first-order chi connectivity index (χ1) is 8.67. The van der Waals surface area contributed by atoms with Gasteiger partial charge in [-0.25, -0.2) is 4.39 Å². The monoisotopic (exact) mass is 269 g/mol. The van der Waals surface area contributed by atoms with Crippen LogP contribution in [0.3, 0.4) is 0 Å². The molecule has 6 heteroatoms. The lowest BCUT2D eigenvalue weighted by molar-refractivity contribution is 0.264. The van der Waals surface area contributed by atoms with Crippen LogP contribution in [0.25, 0.3) is 11.4 Å². The first-order valence-corrected chi connectivity index (χ1v) is 6.03. The summed E-state index contributed by atoms with van der Waals surface area (Å²) in [7, 11) is 0. The highest BCUT2D eigenvalue weighted by Crippen LogP contribution is 2.25. The SMILES string of the molecule is CCCn1c(CO)nnc1-c1cc(Cl)ccc1F. The van der Waals surface area contributed by atoms with Crippen LogP contribution in [0.2, 0.25) is 5.02 Å². The van der Waals surface area contributed by atoms with Crippen molar-refractivity contribution in [2.75, 3.05) is 0 Å². The number of aromatic nitrogens is 3. The molecule has 0 saturated heterocycles. The van der Waals surface area contributed by atoms with Crippen LogP contribution in [0.4, 0.5) is 4.39 Å². The summed E-state index contributed by atoms with van der Waals surface area (Å²) in [4.78, 5) is 0. The molecule has 2 aromatic rings. The minimum Gasteiger partial charge on any atom is -0.388 e. The minimum atomic E-state index is -0.409. The van der Waals surface area contributed by atoms with Gasteiger partial charge >= 0.3 is 0 Å². The van der Waals surface area contributed by atoms with E-state index in [2.05, 4.69) is 10.2 Å². The average Bonchev–Trinajstić information content (AvgIpc) is 2.76. The Morgan fingerprint density at radius 2 is 2.17 bits per heavy atom. The molecule has 1 heterocycles. The van der Waals surface area contributed by atoms with E-state index in [0.717, 1.165) is 6.42 Å². The number of halogens is 2. The maximum atomic E-state index is 13.8. The number of aliphatic hydroxyl groups is 1. The molecule has 0 spiro atoms. The van der Waals surface area contributed by atoms with E-state index in [-0.39, 0.29) is 6.61 Å². The summed E-state index contributed by atoms with van der Waals surface area (Å²) in [5.41, 5.74) is 0.295. The fraction of sp³-hybridized carbons (Fsp3) is 0.333. The number of rotatable bonds is 4. The first-order valence-electron chi connectivity index (χ1n) is 5.65. The highest BCUT2D eigenvalue weighted by molar-refractivity contribution is 6.30. The number of aliphatic hydroxyl groups excluding tert-OH is 1. The Balaban J connectivity index is 2.56. The number of hydrogen-bond donors (Lipinski definition) is 1. The highest BCUT2D eigenvalue weighted by atomic mass is 35.5. The topological polar surface area (TPSA) is 50.9 Å². The summed E-state index contributed by atoms with van der Waals surface area (Å²) < 4.78 is 15.5. The molecule has 4 nitrogen and oxygen atoms in total. The molecule has 0 unspecified atom stereocenters. The molecule has 0 atom stereocenters. The van der Waals surface area contributed by atoms with Crippen molar-refractivity contribution in [2.24, 2.45) is 0 Å². The lowest BCUT2D eigenvalue weighted by Crippen LogP contribution is -2.05. The third-order valence-corrected chi connectivity index (χ3v) is 2.82. The van der Waals surface area contributed by atoms with E-state index >= 15 is 0 Å². The Bertz CT molecular complexity index is 556. The average molecular weight is 270 g/mol. The van der Waals surface area contributed by atoms with E-state index in [1.807, 2.05) is 6.92 Å². The van der Waals surface area contributed by atoms with Gasteiger partial charge in [0.05, 0.1) is 5.56 Å². The number of hydrogen-bond acceptors (Lipinski definition) is 3. The molecule has 2 rings (SSSR count). The Morgan fingerprint density at radius 1 is 1.39 bits per heavy atom. The van der Waals surface area contributed by atoms with E-state index in [4.69, 9.17) is 11.6 Å². The molecule has 0 aliphatic rings. The molecule has 1 N–H and O–H groups in total. The van der Waals surface area contributed by atoms with Crippen molar-refractivity contribution in [3.05, 3.63) is 34.9 Å². The highest BCUT2D eigenvalue weighted by Gasteiger charge is 2.16. The van der Waals surface area contributed by atoms with Gasteiger partial charge in [-0.1, -0.05) is 18.5 Å². The Kier molecular flexibility index (Phi) is 3.93. The van der Waals surface area contributed by atoms with Crippen LogP contribution < -0.4 is 0 Å². The quantitative estimate of drug-likeness (QED) is 0.928.